The third-order valence-electron chi connectivity index (χ3n) is 5.49. The Morgan fingerprint density at radius 1 is 1.41 bits per heavy atom. The molecule has 2 aliphatic rings. The Morgan fingerprint density at radius 3 is 3.07 bits per heavy atom. The predicted octanol–water partition coefficient (Wildman–Crippen LogP) is 1.52. The third-order valence-corrected chi connectivity index (χ3v) is 5.49. The number of carbonyl (C=O) groups excluding carboxylic acids is 1. The molecule has 152 valence electrons. The number of hydrogen-bond donors (Lipinski definition) is 2. The summed E-state index contributed by atoms with van der Waals surface area (Å²) in [5.41, 5.74) is 2.06. The minimum Gasteiger partial charge on any atom is -0.365 e. The first kappa shape index (κ1) is 19.6. The van der Waals surface area contributed by atoms with E-state index in [9.17, 15) is 14.4 Å². The highest BCUT2D eigenvalue weighted by Crippen LogP contribution is 2.30. The molecule has 2 saturated heterocycles. The third kappa shape index (κ3) is 4.02. The number of nitriles is 1. The maximum atomic E-state index is 14.1. The normalized spacial score (nSPS) is 27.4. The van der Waals surface area contributed by atoms with E-state index in [2.05, 4.69) is 26.6 Å². The first-order chi connectivity index (χ1) is 14.1. The number of ether oxygens (including phenoxy) is 1. The number of halogens is 1. The lowest BCUT2D eigenvalue weighted by Gasteiger charge is -2.39. The highest BCUT2D eigenvalue weighted by Gasteiger charge is 2.34. The number of amides is 1. The number of anilines is 1. The number of pyridine rings is 1. The second-order valence-electron chi connectivity index (χ2n) is 7.61. The highest BCUT2D eigenvalue weighted by molar-refractivity contribution is 5.95. The molecule has 0 unspecified atom stereocenters. The van der Waals surface area contributed by atoms with Crippen molar-refractivity contribution in [3.05, 3.63) is 36.0 Å². The fourth-order valence-electron chi connectivity index (χ4n) is 4.06. The number of alkyl halides is 1. The van der Waals surface area contributed by atoms with Crippen LogP contribution in [0, 0.1) is 11.3 Å². The molecule has 7 nitrogen and oxygen atoms in total. The van der Waals surface area contributed by atoms with Crippen LogP contribution in [-0.2, 0) is 9.53 Å². The van der Waals surface area contributed by atoms with Crippen molar-refractivity contribution >= 4 is 22.5 Å². The van der Waals surface area contributed by atoms with E-state index in [1.807, 2.05) is 25.1 Å². The van der Waals surface area contributed by atoms with Gasteiger partial charge in [0.05, 0.1) is 29.8 Å². The Hall–Kier alpha value is -2.76. The number of fused-ring (bicyclic) bond motifs is 1. The van der Waals surface area contributed by atoms with Crippen molar-refractivity contribution in [3.8, 4) is 6.07 Å². The number of carbonyl (C=O) groups is 1. The van der Waals surface area contributed by atoms with Gasteiger partial charge in [0.2, 0.25) is 0 Å². The first-order valence-electron chi connectivity index (χ1n) is 9.90. The number of nitrogens with zero attached hydrogens (tertiary/aromatic N) is 3. The van der Waals surface area contributed by atoms with E-state index >= 15 is 0 Å². The summed E-state index contributed by atoms with van der Waals surface area (Å²) >= 11 is 0. The molecule has 0 aliphatic carbocycles. The Morgan fingerprint density at radius 2 is 2.28 bits per heavy atom. The molecule has 2 aromatic rings. The lowest BCUT2D eigenvalue weighted by atomic mass is 10.0. The predicted molar refractivity (Wildman–Crippen MR) is 107 cm³/mol. The molecule has 4 atom stereocenters. The maximum Gasteiger partial charge on any atom is 0.251 e. The average Bonchev–Trinajstić information content (AvgIpc) is 2.74. The minimum atomic E-state index is -1.05. The van der Waals surface area contributed by atoms with Gasteiger partial charge in [-0.05, 0) is 44.2 Å². The molecule has 0 spiro atoms. The van der Waals surface area contributed by atoms with Crippen LogP contribution in [0.5, 0.6) is 0 Å². The lowest BCUT2D eigenvalue weighted by Crippen LogP contribution is -2.58. The summed E-state index contributed by atoms with van der Waals surface area (Å²) in [6, 6.07) is 9.03. The molecule has 2 aliphatic heterocycles. The van der Waals surface area contributed by atoms with E-state index in [-0.39, 0.29) is 12.0 Å². The van der Waals surface area contributed by atoms with Crippen molar-refractivity contribution in [2.24, 2.45) is 0 Å². The fraction of sp³-hybridized carbons (Fsp3) is 0.476. The van der Waals surface area contributed by atoms with Crippen molar-refractivity contribution in [2.75, 3.05) is 31.1 Å². The molecule has 0 radical (unpaired) electrons. The Labute approximate surface area is 168 Å². The Bertz CT molecular complexity index is 946. The van der Waals surface area contributed by atoms with Gasteiger partial charge in [0.15, 0.2) is 6.10 Å². The summed E-state index contributed by atoms with van der Waals surface area (Å²) in [6.07, 6.45) is 0.133. The van der Waals surface area contributed by atoms with Crippen LogP contribution in [0.3, 0.4) is 0 Å². The molecule has 2 N–H and O–H groups in total. The van der Waals surface area contributed by atoms with Crippen molar-refractivity contribution in [1.29, 1.82) is 5.26 Å². The van der Waals surface area contributed by atoms with E-state index in [1.165, 1.54) is 0 Å². The van der Waals surface area contributed by atoms with Crippen LogP contribution >= 0.6 is 0 Å². The topological polar surface area (TPSA) is 90.3 Å². The summed E-state index contributed by atoms with van der Waals surface area (Å²) in [7, 11) is 0. The molecule has 29 heavy (non-hydrogen) atoms. The largest absolute Gasteiger partial charge is 0.365 e. The van der Waals surface area contributed by atoms with Crippen molar-refractivity contribution in [2.45, 2.75) is 37.8 Å². The van der Waals surface area contributed by atoms with Gasteiger partial charge < -0.3 is 20.3 Å². The maximum absolute atomic E-state index is 14.1. The summed E-state index contributed by atoms with van der Waals surface area (Å²) < 4.78 is 20.0. The van der Waals surface area contributed by atoms with Crippen molar-refractivity contribution in [1.82, 2.24) is 15.6 Å². The van der Waals surface area contributed by atoms with Crippen molar-refractivity contribution < 1.29 is 13.9 Å². The van der Waals surface area contributed by atoms with Gasteiger partial charge in [0, 0.05) is 30.4 Å². The molecular weight excluding hydrogens is 373 g/mol. The smallest absolute Gasteiger partial charge is 0.251 e. The molecule has 8 heteroatoms. The van der Waals surface area contributed by atoms with Gasteiger partial charge in [-0.15, -0.1) is 0 Å². The number of aromatic nitrogens is 1. The zero-order chi connectivity index (χ0) is 20.4. The minimum absolute atomic E-state index is 0.174. The quantitative estimate of drug-likeness (QED) is 0.816. The molecule has 1 aromatic carbocycles. The van der Waals surface area contributed by atoms with Gasteiger partial charge in [-0.2, -0.15) is 5.26 Å². The molecule has 0 bridgehead atoms. The average molecular weight is 397 g/mol. The van der Waals surface area contributed by atoms with Gasteiger partial charge in [-0.3, -0.25) is 9.78 Å². The fourth-order valence-corrected chi connectivity index (χ4v) is 4.06. The standard InChI is InChI=1S/C21H24FN5O2/c1-13-11-27(18-5-4-14(9-23)20-15(18)3-2-7-25-20)12-19(29-13)21(28)26-17-10-24-8-6-16(17)22/h2-5,7,13,16-17,19,24H,6,8,10-12H2,1H3,(H,26,28)/t13-,16-,17+,19-/m1/s1. The van der Waals surface area contributed by atoms with Crippen LogP contribution in [0.4, 0.5) is 10.1 Å². The SMILES string of the molecule is C[C@@H]1CN(c2ccc(C#N)c3ncccc23)C[C@H](C(=O)N[C@H]2CNCC[C@H]2F)O1. The molecule has 1 amide bonds. The Balaban J connectivity index is 1.56. The van der Waals surface area contributed by atoms with Gasteiger partial charge >= 0.3 is 0 Å². The number of nitrogens with one attached hydrogen (secondary N) is 2. The zero-order valence-corrected chi connectivity index (χ0v) is 16.3. The van der Waals surface area contributed by atoms with Crippen LogP contribution in [0.25, 0.3) is 10.9 Å². The number of morpholine rings is 1. The second-order valence-corrected chi connectivity index (χ2v) is 7.61. The van der Waals surface area contributed by atoms with Gasteiger partial charge in [-0.25, -0.2) is 4.39 Å². The molecule has 4 rings (SSSR count). The molecule has 1 aromatic heterocycles. The number of piperidine rings is 1. The molecule has 2 fully saturated rings. The van der Waals surface area contributed by atoms with Crippen LogP contribution < -0.4 is 15.5 Å². The van der Waals surface area contributed by atoms with E-state index in [0.717, 1.165) is 11.1 Å². The molecule has 0 saturated carbocycles. The number of benzene rings is 1. The van der Waals surface area contributed by atoms with E-state index in [4.69, 9.17) is 4.74 Å². The Kier molecular flexibility index (Phi) is 5.60. The summed E-state index contributed by atoms with van der Waals surface area (Å²) in [6.45, 7) is 3.92. The van der Waals surface area contributed by atoms with Crippen molar-refractivity contribution in [3.63, 3.8) is 0 Å². The summed E-state index contributed by atoms with van der Waals surface area (Å²) in [5.74, 6) is -0.297. The molecular formula is C21H24FN5O2. The van der Waals surface area contributed by atoms with E-state index in [1.54, 1.807) is 12.3 Å². The summed E-state index contributed by atoms with van der Waals surface area (Å²) in [5, 5.41) is 16.1. The van der Waals surface area contributed by atoms with Crippen LogP contribution in [0.2, 0.25) is 0 Å². The highest BCUT2D eigenvalue weighted by atomic mass is 19.1. The molecule has 3 heterocycles. The van der Waals surface area contributed by atoms with Crippen LogP contribution in [0.1, 0.15) is 18.9 Å². The second kappa shape index (κ2) is 8.31. The van der Waals surface area contributed by atoms with E-state index < -0.39 is 18.3 Å². The number of hydrogen-bond acceptors (Lipinski definition) is 6. The van der Waals surface area contributed by atoms with E-state index in [0.29, 0.717) is 43.7 Å². The van der Waals surface area contributed by atoms with Gasteiger partial charge in [0.1, 0.15) is 12.2 Å². The lowest BCUT2D eigenvalue weighted by molar-refractivity contribution is -0.138. The zero-order valence-electron chi connectivity index (χ0n) is 16.3. The van der Waals surface area contributed by atoms with Gasteiger partial charge in [0.25, 0.3) is 5.91 Å². The monoisotopic (exact) mass is 397 g/mol. The van der Waals surface area contributed by atoms with Crippen LogP contribution in [-0.4, -0.2) is 61.5 Å². The summed E-state index contributed by atoms with van der Waals surface area (Å²) in [4.78, 5) is 19.2. The van der Waals surface area contributed by atoms with Gasteiger partial charge in [-0.1, -0.05) is 0 Å². The first-order valence-corrected chi connectivity index (χ1v) is 9.90. The van der Waals surface area contributed by atoms with Crippen LogP contribution in [0.15, 0.2) is 30.5 Å². The number of rotatable bonds is 3.